The lowest BCUT2D eigenvalue weighted by Gasteiger charge is -2.20. The number of hydrogen-bond acceptors (Lipinski definition) is 5. The van der Waals surface area contributed by atoms with Crippen molar-refractivity contribution < 1.29 is 9.47 Å². The van der Waals surface area contributed by atoms with Crippen LogP contribution >= 0.6 is 0 Å². The van der Waals surface area contributed by atoms with E-state index in [1.807, 2.05) is 0 Å². The van der Waals surface area contributed by atoms with Gasteiger partial charge < -0.3 is 14.5 Å². The zero-order valence-corrected chi connectivity index (χ0v) is 16.2. The molecule has 1 aromatic heterocycles. The summed E-state index contributed by atoms with van der Waals surface area (Å²) in [5, 5.41) is 0.484. The van der Waals surface area contributed by atoms with Crippen molar-refractivity contribution >= 4 is 10.9 Å². The third-order valence-corrected chi connectivity index (χ3v) is 4.61. The fraction of sp³-hybridized carbons (Fsp3) is 0.333. The normalized spacial score (nSPS) is 11.1. The van der Waals surface area contributed by atoms with E-state index in [2.05, 4.69) is 53.0 Å². The third-order valence-electron chi connectivity index (χ3n) is 4.61. The van der Waals surface area contributed by atoms with E-state index in [0.29, 0.717) is 34.8 Å². The summed E-state index contributed by atoms with van der Waals surface area (Å²) in [5.74, 6) is 1.70. The summed E-state index contributed by atoms with van der Waals surface area (Å²) in [6, 6.07) is 11.9. The van der Waals surface area contributed by atoms with E-state index in [1.54, 1.807) is 26.4 Å². The molecule has 0 radical (unpaired) electrons. The van der Waals surface area contributed by atoms with Crippen LogP contribution in [0.4, 0.5) is 0 Å². The fourth-order valence-corrected chi connectivity index (χ4v) is 3.03. The lowest BCUT2D eigenvalue weighted by molar-refractivity contribution is 0.264. The molecule has 27 heavy (non-hydrogen) atoms. The molecule has 6 heteroatoms. The molecule has 0 atom stereocenters. The first-order chi connectivity index (χ1) is 13.0. The second-order valence-electron chi connectivity index (χ2n) is 6.53. The topological polar surface area (TPSA) is 67.5 Å². The van der Waals surface area contributed by atoms with Crippen molar-refractivity contribution in [2.75, 3.05) is 20.8 Å². The molecular weight excluding hydrogens is 342 g/mol. The Morgan fingerprint density at radius 1 is 1.04 bits per heavy atom. The van der Waals surface area contributed by atoms with Gasteiger partial charge in [0.25, 0.3) is 5.56 Å². The first kappa shape index (κ1) is 18.9. The molecule has 1 heterocycles. The van der Waals surface area contributed by atoms with E-state index in [0.717, 1.165) is 13.1 Å². The first-order valence-corrected chi connectivity index (χ1v) is 8.97. The summed E-state index contributed by atoms with van der Waals surface area (Å²) in [7, 11) is 3.11. The summed E-state index contributed by atoms with van der Waals surface area (Å²) in [4.78, 5) is 22.3. The van der Waals surface area contributed by atoms with Gasteiger partial charge in [-0.05, 0) is 25.1 Å². The van der Waals surface area contributed by atoms with Crippen LogP contribution in [0.3, 0.4) is 0 Å². The molecule has 0 bridgehead atoms. The van der Waals surface area contributed by atoms with Crippen molar-refractivity contribution in [3.8, 4) is 11.5 Å². The molecular formula is C21H25N3O3. The van der Waals surface area contributed by atoms with Gasteiger partial charge in [-0.15, -0.1) is 0 Å². The van der Waals surface area contributed by atoms with Gasteiger partial charge in [-0.3, -0.25) is 9.69 Å². The number of aromatic amines is 1. The number of benzene rings is 2. The molecule has 142 valence electrons. The van der Waals surface area contributed by atoms with Gasteiger partial charge in [0.1, 0.15) is 5.82 Å². The Kier molecular flexibility index (Phi) is 5.76. The third kappa shape index (κ3) is 4.28. The minimum absolute atomic E-state index is 0.178. The van der Waals surface area contributed by atoms with E-state index in [1.165, 1.54) is 11.1 Å². The number of methoxy groups -OCH3 is 2. The number of rotatable bonds is 7. The predicted molar refractivity (Wildman–Crippen MR) is 106 cm³/mol. The van der Waals surface area contributed by atoms with Crippen LogP contribution in [0.2, 0.25) is 0 Å². The minimum Gasteiger partial charge on any atom is -0.493 e. The second-order valence-corrected chi connectivity index (χ2v) is 6.53. The molecule has 1 N–H and O–H groups in total. The zero-order valence-electron chi connectivity index (χ0n) is 16.2. The molecule has 0 unspecified atom stereocenters. The van der Waals surface area contributed by atoms with E-state index >= 15 is 0 Å². The lowest BCUT2D eigenvalue weighted by Crippen LogP contribution is -2.25. The van der Waals surface area contributed by atoms with Gasteiger partial charge in [0.2, 0.25) is 0 Å². The zero-order chi connectivity index (χ0) is 19.4. The van der Waals surface area contributed by atoms with Crippen molar-refractivity contribution in [3.05, 3.63) is 63.7 Å². The van der Waals surface area contributed by atoms with Gasteiger partial charge in [0, 0.05) is 12.6 Å². The monoisotopic (exact) mass is 367 g/mol. The van der Waals surface area contributed by atoms with Crippen LogP contribution in [0.1, 0.15) is 23.9 Å². The molecule has 0 saturated carbocycles. The first-order valence-electron chi connectivity index (χ1n) is 8.97. The van der Waals surface area contributed by atoms with Gasteiger partial charge >= 0.3 is 0 Å². The molecule has 3 rings (SSSR count). The predicted octanol–water partition coefficient (Wildman–Crippen LogP) is 3.27. The molecule has 0 aliphatic carbocycles. The number of H-pyrrole nitrogens is 1. The van der Waals surface area contributed by atoms with Crippen LogP contribution in [-0.4, -0.2) is 35.6 Å². The molecule has 0 amide bonds. The molecule has 0 aliphatic heterocycles. The second kappa shape index (κ2) is 8.22. The molecule has 0 aliphatic rings. The highest BCUT2D eigenvalue weighted by atomic mass is 16.5. The minimum atomic E-state index is -0.178. The van der Waals surface area contributed by atoms with Crippen LogP contribution in [0.15, 0.2) is 41.2 Å². The van der Waals surface area contributed by atoms with E-state index in [4.69, 9.17) is 9.47 Å². The molecule has 2 aromatic carbocycles. The molecule has 0 fully saturated rings. The van der Waals surface area contributed by atoms with Crippen LogP contribution in [0.25, 0.3) is 10.9 Å². The van der Waals surface area contributed by atoms with Crippen LogP contribution in [-0.2, 0) is 13.1 Å². The van der Waals surface area contributed by atoms with Crippen molar-refractivity contribution in [2.24, 2.45) is 0 Å². The number of nitrogens with one attached hydrogen (secondary N) is 1. The number of aromatic nitrogens is 2. The van der Waals surface area contributed by atoms with Crippen LogP contribution < -0.4 is 15.0 Å². The summed E-state index contributed by atoms with van der Waals surface area (Å²) in [6.45, 7) is 6.38. The lowest BCUT2D eigenvalue weighted by atomic mass is 10.1. The maximum Gasteiger partial charge on any atom is 0.258 e. The van der Waals surface area contributed by atoms with E-state index in [-0.39, 0.29) is 5.56 Å². The number of ether oxygens (including phenoxy) is 2. The summed E-state index contributed by atoms with van der Waals surface area (Å²) >= 11 is 0. The Morgan fingerprint density at radius 2 is 1.70 bits per heavy atom. The highest BCUT2D eigenvalue weighted by Gasteiger charge is 2.13. The van der Waals surface area contributed by atoms with Gasteiger partial charge in [0.05, 0.1) is 31.7 Å². The average Bonchev–Trinajstić information content (AvgIpc) is 2.68. The number of hydrogen-bond donors (Lipinski definition) is 1. The van der Waals surface area contributed by atoms with Crippen molar-refractivity contribution in [2.45, 2.75) is 26.9 Å². The number of nitrogens with zero attached hydrogens (tertiary/aromatic N) is 2. The Hall–Kier alpha value is -2.86. The highest BCUT2D eigenvalue weighted by molar-refractivity contribution is 5.81. The van der Waals surface area contributed by atoms with Gasteiger partial charge in [-0.1, -0.05) is 36.8 Å². The molecule has 3 aromatic rings. The summed E-state index contributed by atoms with van der Waals surface area (Å²) < 4.78 is 10.6. The Morgan fingerprint density at radius 3 is 2.33 bits per heavy atom. The fourth-order valence-electron chi connectivity index (χ4n) is 3.03. The Bertz CT molecular complexity index is 980. The van der Waals surface area contributed by atoms with E-state index in [9.17, 15) is 4.79 Å². The summed E-state index contributed by atoms with van der Waals surface area (Å²) in [5.41, 5.74) is 2.89. The van der Waals surface area contributed by atoms with Gasteiger partial charge in [-0.2, -0.15) is 0 Å². The Balaban J connectivity index is 1.88. The maximum atomic E-state index is 12.5. The average molecular weight is 367 g/mol. The van der Waals surface area contributed by atoms with Crippen molar-refractivity contribution in [1.82, 2.24) is 14.9 Å². The van der Waals surface area contributed by atoms with Crippen molar-refractivity contribution in [1.29, 1.82) is 0 Å². The summed E-state index contributed by atoms with van der Waals surface area (Å²) in [6.07, 6.45) is 0. The standard InChI is InChI=1S/C21H25N3O3/c1-5-24(12-15-8-6-14(2)7-9-15)13-20-22-17-11-19(27-4)18(26-3)10-16(17)21(25)23-20/h6-11H,5,12-13H2,1-4H3,(H,22,23,25). The number of aryl methyl sites for hydroxylation is 1. The molecule has 0 saturated heterocycles. The molecule has 6 nitrogen and oxygen atoms in total. The largest absolute Gasteiger partial charge is 0.493 e. The molecule has 0 spiro atoms. The van der Waals surface area contributed by atoms with E-state index < -0.39 is 0 Å². The van der Waals surface area contributed by atoms with Crippen LogP contribution in [0, 0.1) is 6.92 Å². The van der Waals surface area contributed by atoms with Gasteiger partial charge in [0.15, 0.2) is 11.5 Å². The van der Waals surface area contributed by atoms with Crippen molar-refractivity contribution in [3.63, 3.8) is 0 Å². The van der Waals surface area contributed by atoms with Crippen LogP contribution in [0.5, 0.6) is 11.5 Å². The highest BCUT2D eigenvalue weighted by Crippen LogP contribution is 2.29. The SMILES string of the molecule is CCN(Cc1ccc(C)cc1)Cc1nc2cc(OC)c(OC)cc2c(=O)[nH]1. The number of fused-ring (bicyclic) bond motifs is 1. The maximum absolute atomic E-state index is 12.5. The quantitative estimate of drug-likeness (QED) is 0.694. The Labute approximate surface area is 158 Å². The smallest absolute Gasteiger partial charge is 0.258 e. The van der Waals surface area contributed by atoms with Gasteiger partial charge in [-0.25, -0.2) is 4.98 Å².